The van der Waals surface area contributed by atoms with Crippen molar-refractivity contribution < 1.29 is 4.42 Å². The zero-order chi connectivity index (χ0) is 17.3. The van der Waals surface area contributed by atoms with Crippen LogP contribution >= 0.6 is 24.0 Å². The number of oxazole rings is 1. The van der Waals surface area contributed by atoms with Gasteiger partial charge in [0.25, 0.3) is 0 Å². The van der Waals surface area contributed by atoms with Crippen LogP contribution in [0.4, 0.5) is 0 Å². The predicted molar refractivity (Wildman–Crippen MR) is 112 cm³/mol. The highest BCUT2D eigenvalue weighted by Crippen LogP contribution is 2.22. The van der Waals surface area contributed by atoms with E-state index in [1.165, 1.54) is 25.7 Å². The van der Waals surface area contributed by atoms with E-state index in [0.717, 1.165) is 30.5 Å². The molecular weight excluding hydrogens is 415 g/mol. The van der Waals surface area contributed by atoms with Crippen molar-refractivity contribution in [2.45, 2.75) is 73.8 Å². The number of guanidine groups is 1. The summed E-state index contributed by atoms with van der Waals surface area (Å²) in [5.74, 6) is 2.36. The van der Waals surface area contributed by atoms with E-state index in [1.54, 1.807) is 0 Å². The first-order chi connectivity index (χ1) is 10.9. The largest absolute Gasteiger partial charge is 0.444 e. The molecule has 0 amide bonds. The molecular formula is C18H35IN4O. The Hall–Kier alpha value is -0.790. The van der Waals surface area contributed by atoms with Crippen LogP contribution in [0.15, 0.2) is 9.41 Å². The standard InChI is InChI=1S/C18H34N4O.HI/c1-7-9-10-11-18(5,6)13-21-17(19-8-2)20-12-16-22-14(3)15(4)23-16;/h7-13H2,1-6H3,(H2,19,20,21);1H. The molecule has 0 saturated heterocycles. The second kappa shape index (κ2) is 11.7. The van der Waals surface area contributed by atoms with Crippen LogP contribution in [0.2, 0.25) is 0 Å². The van der Waals surface area contributed by atoms with Crippen LogP contribution in [0.5, 0.6) is 0 Å². The molecule has 1 rings (SSSR count). The minimum absolute atomic E-state index is 0. The molecule has 1 aromatic rings. The third-order valence-electron chi connectivity index (χ3n) is 3.98. The van der Waals surface area contributed by atoms with Crippen molar-refractivity contribution >= 4 is 29.9 Å². The summed E-state index contributed by atoms with van der Waals surface area (Å²) >= 11 is 0. The van der Waals surface area contributed by atoms with Crippen LogP contribution in [-0.2, 0) is 6.54 Å². The van der Waals surface area contributed by atoms with Crippen LogP contribution < -0.4 is 10.6 Å². The van der Waals surface area contributed by atoms with E-state index in [1.807, 2.05) is 13.8 Å². The van der Waals surface area contributed by atoms with Crippen molar-refractivity contribution in [3.05, 3.63) is 17.3 Å². The fourth-order valence-electron chi connectivity index (χ4n) is 2.36. The van der Waals surface area contributed by atoms with E-state index in [4.69, 9.17) is 4.42 Å². The molecule has 140 valence electrons. The molecule has 0 aromatic carbocycles. The van der Waals surface area contributed by atoms with Gasteiger partial charge in [-0.15, -0.1) is 24.0 Å². The summed E-state index contributed by atoms with van der Waals surface area (Å²) in [4.78, 5) is 8.95. The van der Waals surface area contributed by atoms with Gasteiger partial charge in [-0.05, 0) is 32.6 Å². The first-order valence-electron chi connectivity index (χ1n) is 8.83. The molecule has 0 spiro atoms. The number of halogens is 1. The minimum Gasteiger partial charge on any atom is -0.444 e. The number of hydrogen-bond donors (Lipinski definition) is 2. The monoisotopic (exact) mass is 450 g/mol. The van der Waals surface area contributed by atoms with Crippen LogP contribution in [0.1, 0.15) is 70.7 Å². The van der Waals surface area contributed by atoms with Gasteiger partial charge < -0.3 is 15.1 Å². The summed E-state index contributed by atoms with van der Waals surface area (Å²) in [6.07, 6.45) is 5.09. The molecule has 0 aliphatic rings. The molecule has 5 nitrogen and oxygen atoms in total. The lowest BCUT2D eigenvalue weighted by Crippen LogP contribution is -2.42. The lowest BCUT2D eigenvalue weighted by Gasteiger charge is -2.26. The van der Waals surface area contributed by atoms with Crippen molar-refractivity contribution in [3.63, 3.8) is 0 Å². The summed E-state index contributed by atoms with van der Waals surface area (Å²) in [6.45, 7) is 15.0. The zero-order valence-corrected chi connectivity index (χ0v) is 18.5. The summed E-state index contributed by atoms with van der Waals surface area (Å²) in [5, 5.41) is 6.73. The van der Waals surface area contributed by atoms with E-state index in [-0.39, 0.29) is 29.4 Å². The number of rotatable bonds is 9. The number of aliphatic imine (C=N–C) groups is 1. The highest BCUT2D eigenvalue weighted by molar-refractivity contribution is 14.0. The highest BCUT2D eigenvalue weighted by atomic mass is 127. The first-order valence-corrected chi connectivity index (χ1v) is 8.83. The second-order valence-electron chi connectivity index (χ2n) is 6.92. The van der Waals surface area contributed by atoms with E-state index < -0.39 is 0 Å². The Bertz CT molecular complexity index is 478. The van der Waals surface area contributed by atoms with E-state index in [9.17, 15) is 0 Å². The summed E-state index contributed by atoms with van der Waals surface area (Å²) in [5.41, 5.74) is 1.20. The van der Waals surface area contributed by atoms with Crippen molar-refractivity contribution in [3.8, 4) is 0 Å². The highest BCUT2D eigenvalue weighted by Gasteiger charge is 2.17. The Kier molecular flexibility index (Phi) is 11.3. The Morgan fingerprint density at radius 2 is 1.88 bits per heavy atom. The molecule has 0 unspecified atom stereocenters. The van der Waals surface area contributed by atoms with E-state index >= 15 is 0 Å². The normalized spacial score (nSPS) is 12.0. The molecule has 2 N–H and O–H groups in total. The summed E-state index contributed by atoms with van der Waals surface area (Å²) in [6, 6.07) is 0. The molecule has 0 saturated carbocycles. The number of unbranched alkanes of at least 4 members (excludes halogenated alkanes) is 2. The third kappa shape index (κ3) is 8.89. The Morgan fingerprint density at radius 1 is 1.17 bits per heavy atom. The minimum atomic E-state index is 0. The first kappa shape index (κ1) is 23.2. The van der Waals surface area contributed by atoms with Gasteiger partial charge in [0, 0.05) is 13.1 Å². The number of nitrogens with zero attached hydrogens (tertiary/aromatic N) is 2. The number of hydrogen-bond acceptors (Lipinski definition) is 3. The van der Waals surface area contributed by atoms with Gasteiger partial charge >= 0.3 is 0 Å². The van der Waals surface area contributed by atoms with Gasteiger partial charge in [-0.2, -0.15) is 0 Å². The van der Waals surface area contributed by atoms with Crippen molar-refractivity contribution in [2.24, 2.45) is 10.4 Å². The maximum Gasteiger partial charge on any atom is 0.216 e. The van der Waals surface area contributed by atoms with Crippen LogP contribution in [0.3, 0.4) is 0 Å². The second-order valence-corrected chi connectivity index (χ2v) is 6.92. The third-order valence-corrected chi connectivity index (χ3v) is 3.98. The SMILES string of the molecule is CCCCCC(C)(C)CNC(=NCc1nc(C)c(C)o1)NCC.I. The van der Waals surface area contributed by atoms with Crippen LogP contribution in [-0.4, -0.2) is 24.0 Å². The van der Waals surface area contributed by atoms with Gasteiger partial charge in [-0.25, -0.2) is 9.98 Å². The Morgan fingerprint density at radius 3 is 2.42 bits per heavy atom. The fourth-order valence-corrected chi connectivity index (χ4v) is 2.36. The molecule has 1 heterocycles. The molecule has 0 aliphatic heterocycles. The molecule has 0 fully saturated rings. The molecule has 0 aliphatic carbocycles. The number of nitrogens with one attached hydrogen (secondary N) is 2. The van der Waals surface area contributed by atoms with Crippen molar-refractivity contribution in [2.75, 3.05) is 13.1 Å². The van der Waals surface area contributed by atoms with Crippen LogP contribution in [0, 0.1) is 19.3 Å². The molecule has 0 atom stereocenters. The average molecular weight is 450 g/mol. The summed E-state index contributed by atoms with van der Waals surface area (Å²) < 4.78 is 5.58. The van der Waals surface area contributed by atoms with Crippen molar-refractivity contribution in [1.82, 2.24) is 15.6 Å². The van der Waals surface area contributed by atoms with Gasteiger partial charge in [0.1, 0.15) is 12.3 Å². The molecule has 24 heavy (non-hydrogen) atoms. The summed E-state index contributed by atoms with van der Waals surface area (Å²) in [7, 11) is 0. The van der Waals surface area contributed by atoms with Gasteiger partial charge in [-0.3, -0.25) is 0 Å². The fraction of sp³-hybridized carbons (Fsp3) is 0.778. The number of aryl methyl sites for hydroxylation is 2. The molecule has 0 bridgehead atoms. The van der Waals surface area contributed by atoms with E-state index in [2.05, 4.69) is 48.3 Å². The molecule has 1 aromatic heterocycles. The lowest BCUT2D eigenvalue weighted by atomic mass is 9.87. The van der Waals surface area contributed by atoms with Gasteiger partial charge in [-0.1, -0.05) is 40.0 Å². The van der Waals surface area contributed by atoms with Gasteiger partial charge in [0.15, 0.2) is 5.96 Å². The maximum atomic E-state index is 5.58. The van der Waals surface area contributed by atoms with Gasteiger partial charge in [0.05, 0.1) is 5.69 Å². The van der Waals surface area contributed by atoms with Crippen molar-refractivity contribution in [1.29, 1.82) is 0 Å². The lowest BCUT2D eigenvalue weighted by molar-refractivity contribution is 0.318. The quantitative estimate of drug-likeness (QED) is 0.250. The van der Waals surface area contributed by atoms with Crippen LogP contribution in [0.25, 0.3) is 0 Å². The average Bonchev–Trinajstić information content (AvgIpc) is 2.81. The Labute approximate surface area is 164 Å². The number of aromatic nitrogens is 1. The topological polar surface area (TPSA) is 62.5 Å². The van der Waals surface area contributed by atoms with E-state index in [0.29, 0.717) is 12.4 Å². The maximum absolute atomic E-state index is 5.58. The molecule has 6 heteroatoms. The Balaban J connectivity index is 0.00000529. The van der Waals surface area contributed by atoms with Gasteiger partial charge in [0.2, 0.25) is 5.89 Å². The zero-order valence-electron chi connectivity index (χ0n) is 16.2. The smallest absolute Gasteiger partial charge is 0.216 e. The molecule has 0 radical (unpaired) electrons. The predicted octanol–water partition coefficient (Wildman–Crippen LogP) is 4.57.